The van der Waals surface area contributed by atoms with Gasteiger partial charge in [-0.2, -0.15) is 0 Å². The first-order valence-electron chi connectivity index (χ1n) is 9.43. The van der Waals surface area contributed by atoms with Crippen molar-refractivity contribution in [2.75, 3.05) is 24.3 Å². The van der Waals surface area contributed by atoms with Gasteiger partial charge in [0.15, 0.2) is 0 Å². The van der Waals surface area contributed by atoms with Gasteiger partial charge >= 0.3 is 0 Å². The van der Waals surface area contributed by atoms with Gasteiger partial charge < -0.3 is 10.2 Å². The topological polar surface area (TPSA) is 82.6 Å². The summed E-state index contributed by atoms with van der Waals surface area (Å²) in [7, 11) is 3.76. The van der Waals surface area contributed by atoms with Crippen LogP contribution in [0.1, 0.15) is 36.6 Å². The highest BCUT2D eigenvalue weighted by Gasteiger charge is 2.36. The molecule has 0 atom stereocenters. The van der Waals surface area contributed by atoms with E-state index in [1.807, 2.05) is 49.3 Å². The van der Waals surface area contributed by atoms with Crippen LogP contribution in [0.4, 0.5) is 11.5 Å². The third kappa shape index (κ3) is 3.65. The molecule has 0 unspecified atom stereocenters. The second kappa shape index (κ2) is 7.79. The molecule has 150 valence electrons. The maximum absolute atomic E-state index is 12.8. The summed E-state index contributed by atoms with van der Waals surface area (Å²) < 4.78 is 0. The molecular weight excluding hydrogens is 380 g/mol. The van der Waals surface area contributed by atoms with Gasteiger partial charge in [-0.1, -0.05) is 30.3 Å². The number of carbonyl (C=O) groups is 3. The van der Waals surface area contributed by atoms with E-state index in [1.165, 1.54) is 17.0 Å². The summed E-state index contributed by atoms with van der Waals surface area (Å²) in [5.74, 6) is -0.355. The van der Waals surface area contributed by atoms with Crippen molar-refractivity contribution in [1.29, 1.82) is 0 Å². The molecule has 1 N–H and O–H groups in total. The van der Waals surface area contributed by atoms with E-state index in [1.54, 1.807) is 24.4 Å². The fourth-order valence-corrected chi connectivity index (χ4v) is 3.27. The van der Waals surface area contributed by atoms with Crippen molar-refractivity contribution >= 4 is 29.2 Å². The molecule has 7 nitrogen and oxygen atoms in total. The first kappa shape index (κ1) is 19.3. The number of pyridine rings is 1. The SMILES string of the molecule is CN(C)c1ccc(NC(=O)c2ccc3c(c2)C(=O)N(Cc2ccccc2)C3=O)cn1. The van der Waals surface area contributed by atoms with Gasteiger partial charge in [0.25, 0.3) is 17.7 Å². The fourth-order valence-electron chi connectivity index (χ4n) is 3.27. The van der Waals surface area contributed by atoms with Crippen LogP contribution in [0.25, 0.3) is 0 Å². The lowest BCUT2D eigenvalue weighted by Crippen LogP contribution is -2.29. The van der Waals surface area contributed by atoms with Gasteiger partial charge in [-0.25, -0.2) is 4.98 Å². The second-order valence-corrected chi connectivity index (χ2v) is 7.20. The first-order valence-corrected chi connectivity index (χ1v) is 9.43. The summed E-state index contributed by atoms with van der Waals surface area (Å²) in [6.45, 7) is 0.193. The third-order valence-electron chi connectivity index (χ3n) is 4.88. The van der Waals surface area contributed by atoms with Crippen molar-refractivity contribution < 1.29 is 14.4 Å². The summed E-state index contributed by atoms with van der Waals surface area (Å²) in [5.41, 5.74) is 2.25. The Kier molecular flexibility index (Phi) is 5.02. The molecule has 0 bridgehead atoms. The van der Waals surface area contributed by atoms with Crippen molar-refractivity contribution in [2.24, 2.45) is 0 Å². The molecular formula is C23H20N4O3. The Hall–Kier alpha value is -4.00. The minimum Gasteiger partial charge on any atom is -0.363 e. The number of imide groups is 1. The maximum Gasteiger partial charge on any atom is 0.261 e. The van der Waals surface area contributed by atoms with Crippen molar-refractivity contribution in [3.05, 3.63) is 89.1 Å². The predicted molar refractivity (Wildman–Crippen MR) is 114 cm³/mol. The molecule has 0 saturated carbocycles. The molecule has 2 heterocycles. The van der Waals surface area contributed by atoms with Crippen LogP contribution in [0.2, 0.25) is 0 Å². The number of hydrogen-bond donors (Lipinski definition) is 1. The van der Waals surface area contributed by atoms with Crippen LogP contribution in [-0.4, -0.2) is 41.7 Å². The largest absolute Gasteiger partial charge is 0.363 e. The molecule has 1 aliphatic rings. The summed E-state index contributed by atoms with van der Waals surface area (Å²) in [5, 5.41) is 2.76. The monoisotopic (exact) mass is 400 g/mol. The van der Waals surface area contributed by atoms with Crippen molar-refractivity contribution in [3.8, 4) is 0 Å². The maximum atomic E-state index is 12.8. The van der Waals surface area contributed by atoms with Crippen molar-refractivity contribution in [3.63, 3.8) is 0 Å². The van der Waals surface area contributed by atoms with Crippen LogP contribution in [0.15, 0.2) is 66.9 Å². The highest BCUT2D eigenvalue weighted by atomic mass is 16.2. The number of nitrogens with one attached hydrogen (secondary N) is 1. The number of aromatic nitrogens is 1. The van der Waals surface area contributed by atoms with E-state index in [2.05, 4.69) is 10.3 Å². The van der Waals surface area contributed by atoms with E-state index in [0.717, 1.165) is 11.4 Å². The lowest BCUT2D eigenvalue weighted by atomic mass is 10.1. The quantitative estimate of drug-likeness (QED) is 0.665. The van der Waals surface area contributed by atoms with E-state index < -0.39 is 5.91 Å². The van der Waals surface area contributed by atoms with Crippen LogP contribution < -0.4 is 10.2 Å². The van der Waals surface area contributed by atoms with Gasteiger partial charge in [0, 0.05) is 19.7 Å². The molecule has 2 aromatic carbocycles. The first-order chi connectivity index (χ1) is 14.4. The minimum atomic E-state index is -0.398. The Morgan fingerprint density at radius 3 is 2.37 bits per heavy atom. The van der Waals surface area contributed by atoms with Crippen LogP contribution in [0.3, 0.4) is 0 Å². The van der Waals surface area contributed by atoms with Gasteiger partial charge in [0.05, 0.1) is 29.6 Å². The van der Waals surface area contributed by atoms with Crippen LogP contribution in [-0.2, 0) is 6.54 Å². The average Bonchev–Trinajstić information content (AvgIpc) is 2.99. The van der Waals surface area contributed by atoms with E-state index in [4.69, 9.17) is 0 Å². The lowest BCUT2D eigenvalue weighted by Gasteiger charge is -2.13. The number of anilines is 2. The van der Waals surface area contributed by atoms with Gasteiger partial charge in [0.1, 0.15) is 5.82 Å². The molecule has 1 aliphatic heterocycles. The number of amides is 3. The zero-order chi connectivity index (χ0) is 21.3. The van der Waals surface area contributed by atoms with E-state index in [-0.39, 0.29) is 23.9 Å². The lowest BCUT2D eigenvalue weighted by molar-refractivity contribution is 0.0642. The van der Waals surface area contributed by atoms with Crippen molar-refractivity contribution in [2.45, 2.75) is 6.54 Å². The van der Waals surface area contributed by atoms with Crippen LogP contribution >= 0.6 is 0 Å². The normalized spacial score (nSPS) is 12.7. The third-order valence-corrected chi connectivity index (χ3v) is 4.88. The average molecular weight is 400 g/mol. The van der Waals surface area contributed by atoms with E-state index >= 15 is 0 Å². The Morgan fingerprint density at radius 1 is 0.967 bits per heavy atom. The van der Waals surface area contributed by atoms with Crippen LogP contribution in [0, 0.1) is 0 Å². The molecule has 0 aliphatic carbocycles. The molecule has 3 aromatic rings. The van der Waals surface area contributed by atoms with Gasteiger partial charge in [0.2, 0.25) is 0 Å². The summed E-state index contributed by atoms with van der Waals surface area (Å²) in [4.78, 5) is 45.4. The van der Waals surface area contributed by atoms with Gasteiger partial charge in [-0.15, -0.1) is 0 Å². The fraction of sp³-hybridized carbons (Fsp3) is 0.130. The highest BCUT2D eigenvalue weighted by Crippen LogP contribution is 2.26. The second-order valence-electron chi connectivity index (χ2n) is 7.20. The highest BCUT2D eigenvalue weighted by molar-refractivity contribution is 6.22. The van der Waals surface area contributed by atoms with Crippen molar-refractivity contribution in [1.82, 2.24) is 9.88 Å². The molecule has 0 radical (unpaired) electrons. The van der Waals surface area contributed by atoms with Gasteiger partial charge in [-0.05, 0) is 35.9 Å². The molecule has 4 rings (SSSR count). The summed E-state index contributed by atoms with van der Waals surface area (Å²) in [6, 6.07) is 17.4. The molecule has 0 saturated heterocycles. The number of benzene rings is 2. The molecule has 1 aromatic heterocycles. The molecule has 0 spiro atoms. The zero-order valence-electron chi connectivity index (χ0n) is 16.6. The molecule has 3 amide bonds. The molecule has 7 heteroatoms. The molecule has 0 fully saturated rings. The molecule has 30 heavy (non-hydrogen) atoms. The minimum absolute atomic E-state index is 0.193. The van der Waals surface area contributed by atoms with Gasteiger partial charge in [-0.3, -0.25) is 19.3 Å². The standard InChI is InChI=1S/C23H20N4O3/c1-26(2)20-11-9-17(13-24-20)25-21(28)16-8-10-18-19(12-16)23(30)27(22(18)29)14-15-6-4-3-5-7-15/h3-13H,14H2,1-2H3,(H,25,28). The Bertz CT molecular complexity index is 1120. The number of carbonyl (C=O) groups excluding carboxylic acids is 3. The Labute approximate surface area is 174 Å². The van der Waals surface area contributed by atoms with E-state index in [9.17, 15) is 14.4 Å². The van der Waals surface area contributed by atoms with Crippen LogP contribution in [0.5, 0.6) is 0 Å². The predicted octanol–water partition coefficient (Wildman–Crippen LogP) is 3.20. The van der Waals surface area contributed by atoms with E-state index in [0.29, 0.717) is 16.8 Å². The number of nitrogens with zero attached hydrogens (tertiary/aromatic N) is 3. The smallest absolute Gasteiger partial charge is 0.261 e. The number of rotatable bonds is 5. The number of fused-ring (bicyclic) bond motifs is 1. The Morgan fingerprint density at radius 2 is 1.70 bits per heavy atom. The summed E-state index contributed by atoms with van der Waals surface area (Å²) >= 11 is 0. The zero-order valence-corrected chi connectivity index (χ0v) is 16.6. The Balaban J connectivity index is 1.53. The summed E-state index contributed by atoms with van der Waals surface area (Å²) in [6.07, 6.45) is 1.57. The number of hydrogen-bond acceptors (Lipinski definition) is 5.